The summed E-state index contributed by atoms with van der Waals surface area (Å²) in [6, 6.07) is 13.7. The Labute approximate surface area is 140 Å². The molecule has 4 heteroatoms. The molecule has 0 saturated heterocycles. The van der Waals surface area contributed by atoms with E-state index in [0.717, 1.165) is 47.3 Å². The molecule has 0 fully saturated rings. The number of aromatic nitrogens is 1. The Hall–Kier alpha value is -2.88. The minimum Gasteiger partial charge on any atom is -0.488 e. The molecule has 4 nitrogen and oxygen atoms in total. The second kappa shape index (κ2) is 5.96. The molecule has 0 N–H and O–H groups in total. The number of carbonyl (C=O) groups is 1. The first-order valence-electron chi connectivity index (χ1n) is 8.10. The highest BCUT2D eigenvalue weighted by Gasteiger charge is 2.26. The normalized spacial score (nSPS) is 12.2. The SMILES string of the molecule is CCCc1ccc(-c2noc3c2COc2cc(C=O)ccc2-3)cc1. The van der Waals surface area contributed by atoms with Crippen LogP contribution in [0.15, 0.2) is 47.0 Å². The molecule has 3 aromatic rings. The van der Waals surface area contributed by atoms with Gasteiger partial charge in [0.15, 0.2) is 5.76 Å². The van der Waals surface area contributed by atoms with Crippen LogP contribution in [0, 0.1) is 0 Å². The van der Waals surface area contributed by atoms with E-state index < -0.39 is 0 Å². The molecule has 0 amide bonds. The molecule has 1 aromatic heterocycles. The summed E-state index contributed by atoms with van der Waals surface area (Å²) >= 11 is 0. The number of carbonyl (C=O) groups excluding carboxylic acids is 1. The number of aldehydes is 1. The molecule has 24 heavy (non-hydrogen) atoms. The topological polar surface area (TPSA) is 52.3 Å². The van der Waals surface area contributed by atoms with E-state index in [2.05, 4.69) is 36.3 Å². The van der Waals surface area contributed by atoms with Crippen molar-refractivity contribution < 1.29 is 14.1 Å². The van der Waals surface area contributed by atoms with Gasteiger partial charge < -0.3 is 9.26 Å². The van der Waals surface area contributed by atoms with Gasteiger partial charge in [0, 0.05) is 11.1 Å². The van der Waals surface area contributed by atoms with E-state index in [4.69, 9.17) is 9.26 Å². The lowest BCUT2D eigenvalue weighted by atomic mass is 9.98. The van der Waals surface area contributed by atoms with Crippen molar-refractivity contribution in [2.24, 2.45) is 0 Å². The summed E-state index contributed by atoms with van der Waals surface area (Å²) in [4.78, 5) is 10.9. The summed E-state index contributed by atoms with van der Waals surface area (Å²) in [6.45, 7) is 2.56. The lowest BCUT2D eigenvalue weighted by molar-refractivity contribution is 0.112. The molecule has 0 saturated carbocycles. The van der Waals surface area contributed by atoms with Crippen molar-refractivity contribution in [2.75, 3.05) is 0 Å². The summed E-state index contributed by atoms with van der Waals surface area (Å²) in [7, 11) is 0. The summed E-state index contributed by atoms with van der Waals surface area (Å²) < 4.78 is 11.4. The number of benzene rings is 2. The largest absolute Gasteiger partial charge is 0.488 e. The zero-order valence-electron chi connectivity index (χ0n) is 13.4. The third-order valence-corrected chi connectivity index (χ3v) is 4.31. The van der Waals surface area contributed by atoms with Crippen LogP contribution in [0.4, 0.5) is 0 Å². The standard InChI is InChI=1S/C20H17NO3/c1-2-3-13-4-7-15(8-5-13)19-17-12-23-18-10-14(11-22)6-9-16(18)20(17)24-21-19/h4-11H,2-3,12H2,1H3. The molecule has 0 atom stereocenters. The molecular weight excluding hydrogens is 302 g/mol. The van der Waals surface area contributed by atoms with Gasteiger partial charge in [-0.15, -0.1) is 0 Å². The first-order chi connectivity index (χ1) is 11.8. The predicted molar refractivity (Wildman–Crippen MR) is 91.1 cm³/mol. The van der Waals surface area contributed by atoms with Gasteiger partial charge in [-0.3, -0.25) is 4.79 Å². The number of aryl methyl sites for hydroxylation is 1. The van der Waals surface area contributed by atoms with Crippen LogP contribution < -0.4 is 4.74 Å². The molecule has 0 unspecified atom stereocenters. The number of ether oxygens (including phenoxy) is 1. The first kappa shape index (κ1) is 14.7. The minimum atomic E-state index is 0.389. The highest BCUT2D eigenvalue weighted by atomic mass is 16.5. The molecule has 0 spiro atoms. The van der Waals surface area contributed by atoms with Crippen LogP contribution >= 0.6 is 0 Å². The van der Waals surface area contributed by atoms with Gasteiger partial charge in [-0.25, -0.2) is 0 Å². The highest BCUT2D eigenvalue weighted by molar-refractivity contribution is 5.82. The van der Waals surface area contributed by atoms with Crippen molar-refractivity contribution in [2.45, 2.75) is 26.4 Å². The lowest BCUT2D eigenvalue weighted by Gasteiger charge is -2.16. The molecule has 120 valence electrons. The second-order valence-electron chi connectivity index (χ2n) is 5.95. The summed E-state index contributed by atoms with van der Waals surface area (Å²) in [5.74, 6) is 1.38. The van der Waals surface area contributed by atoms with Crippen molar-refractivity contribution in [1.82, 2.24) is 5.16 Å². The second-order valence-corrected chi connectivity index (χ2v) is 5.95. The Morgan fingerprint density at radius 3 is 2.75 bits per heavy atom. The third-order valence-electron chi connectivity index (χ3n) is 4.31. The van der Waals surface area contributed by atoms with Gasteiger partial charge >= 0.3 is 0 Å². The third kappa shape index (κ3) is 2.40. The fourth-order valence-electron chi connectivity index (χ4n) is 3.07. The number of hydrogen-bond acceptors (Lipinski definition) is 4. The lowest BCUT2D eigenvalue weighted by Crippen LogP contribution is -2.05. The summed E-state index contributed by atoms with van der Waals surface area (Å²) in [5, 5.41) is 4.26. The Balaban J connectivity index is 1.74. The molecule has 4 rings (SSSR count). The maximum Gasteiger partial charge on any atom is 0.177 e. The van der Waals surface area contributed by atoms with E-state index in [1.54, 1.807) is 12.1 Å². The van der Waals surface area contributed by atoms with E-state index in [9.17, 15) is 4.79 Å². The molecule has 0 aliphatic carbocycles. The minimum absolute atomic E-state index is 0.389. The molecule has 1 aliphatic heterocycles. The molecule has 0 radical (unpaired) electrons. The van der Waals surface area contributed by atoms with Crippen molar-refractivity contribution in [3.05, 3.63) is 59.2 Å². The maximum absolute atomic E-state index is 10.9. The van der Waals surface area contributed by atoms with E-state index in [-0.39, 0.29) is 0 Å². The molecule has 0 bridgehead atoms. The zero-order valence-corrected chi connectivity index (χ0v) is 13.4. The van der Waals surface area contributed by atoms with Crippen LogP contribution in [0.1, 0.15) is 34.8 Å². The molecular formula is C20H17NO3. The van der Waals surface area contributed by atoms with E-state index in [1.807, 2.05) is 6.07 Å². The van der Waals surface area contributed by atoms with Gasteiger partial charge in [-0.1, -0.05) is 48.8 Å². The quantitative estimate of drug-likeness (QED) is 0.656. The van der Waals surface area contributed by atoms with Crippen LogP contribution in [-0.4, -0.2) is 11.4 Å². The Kier molecular flexibility index (Phi) is 3.65. The maximum atomic E-state index is 10.9. The average molecular weight is 319 g/mol. The molecule has 1 aliphatic rings. The van der Waals surface area contributed by atoms with E-state index in [0.29, 0.717) is 17.9 Å². The zero-order chi connectivity index (χ0) is 16.5. The van der Waals surface area contributed by atoms with Gasteiger partial charge in [0.25, 0.3) is 0 Å². The van der Waals surface area contributed by atoms with Gasteiger partial charge in [0.1, 0.15) is 24.3 Å². The predicted octanol–water partition coefficient (Wildman–Crippen LogP) is 4.67. The van der Waals surface area contributed by atoms with Crippen molar-refractivity contribution in [3.63, 3.8) is 0 Å². The van der Waals surface area contributed by atoms with Gasteiger partial charge in [0.05, 0.1) is 11.1 Å². The summed E-state index contributed by atoms with van der Waals surface area (Å²) in [6.07, 6.45) is 3.02. The number of rotatable bonds is 4. The monoisotopic (exact) mass is 319 g/mol. The Morgan fingerprint density at radius 2 is 2.00 bits per heavy atom. The van der Waals surface area contributed by atoms with E-state index in [1.165, 1.54) is 5.56 Å². The first-order valence-corrected chi connectivity index (χ1v) is 8.10. The van der Waals surface area contributed by atoms with Crippen molar-refractivity contribution >= 4 is 6.29 Å². The number of fused-ring (bicyclic) bond motifs is 3. The Morgan fingerprint density at radius 1 is 1.17 bits per heavy atom. The highest BCUT2D eigenvalue weighted by Crippen LogP contribution is 2.41. The molecule has 2 aromatic carbocycles. The van der Waals surface area contributed by atoms with Gasteiger partial charge in [-0.05, 0) is 24.1 Å². The van der Waals surface area contributed by atoms with Crippen LogP contribution in [0.3, 0.4) is 0 Å². The van der Waals surface area contributed by atoms with Crippen molar-refractivity contribution in [3.8, 4) is 28.3 Å². The Bertz CT molecular complexity index is 894. The van der Waals surface area contributed by atoms with E-state index >= 15 is 0 Å². The van der Waals surface area contributed by atoms with Crippen molar-refractivity contribution in [1.29, 1.82) is 0 Å². The fraction of sp³-hybridized carbons (Fsp3) is 0.200. The average Bonchev–Trinajstić information content (AvgIpc) is 3.06. The van der Waals surface area contributed by atoms with Crippen LogP contribution in [-0.2, 0) is 13.0 Å². The van der Waals surface area contributed by atoms with Crippen LogP contribution in [0.5, 0.6) is 5.75 Å². The summed E-state index contributed by atoms with van der Waals surface area (Å²) in [5.41, 5.74) is 5.53. The number of hydrogen-bond donors (Lipinski definition) is 0. The fourth-order valence-corrected chi connectivity index (χ4v) is 3.07. The number of nitrogens with zero attached hydrogens (tertiary/aromatic N) is 1. The van der Waals surface area contributed by atoms with Gasteiger partial charge in [0.2, 0.25) is 0 Å². The smallest absolute Gasteiger partial charge is 0.177 e. The van der Waals surface area contributed by atoms with Crippen LogP contribution in [0.25, 0.3) is 22.6 Å². The van der Waals surface area contributed by atoms with Gasteiger partial charge in [-0.2, -0.15) is 0 Å². The molecule has 2 heterocycles. The van der Waals surface area contributed by atoms with Crippen LogP contribution in [0.2, 0.25) is 0 Å².